The van der Waals surface area contributed by atoms with Gasteiger partial charge in [0.25, 0.3) is 5.91 Å². The predicted octanol–water partition coefficient (Wildman–Crippen LogP) is 4.19. The van der Waals surface area contributed by atoms with Gasteiger partial charge in [0.2, 0.25) is 0 Å². The minimum Gasteiger partial charge on any atom is -0.361 e. The number of anilines is 1. The molecule has 0 aromatic heterocycles. The zero-order valence-corrected chi connectivity index (χ0v) is 12.7. The smallest absolute Gasteiger partial charge is 0.258 e. The largest absolute Gasteiger partial charge is 0.361 e. The number of carbonyl (C=O) groups is 1. The van der Waals surface area contributed by atoms with E-state index in [0.29, 0.717) is 5.56 Å². The Balaban J connectivity index is 2.06. The van der Waals surface area contributed by atoms with Gasteiger partial charge < -0.3 is 10.2 Å². The summed E-state index contributed by atoms with van der Waals surface area (Å²) in [6, 6.07) is 13.9. The SMILES string of the molecule is CC[C@@H](C)N1C(=O)c2ccccc2N[C@@H]1c1ccc(F)cc1. The van der Waals surface area contributed by atoms with E-state index in [-0.39, 0.29) is 23.9 Å². The lowest BCUT2D eigenvalue weighted by molar-refractivity contribution is 0.0593. The van der Waals surface area contributed by atoms with E-state index < -0.39 is 0 Å². The fourth-order valence-electron chi connectivity index (χ4n) is 2.81. The zero-order valence-electron chi connectivity index (χ0n) is 12.7. The van der Waals surface area contributed by atoms with Gasteiger partial charge in [-0.2, -0.15) is 0 Å². The van der Waals surface area contributed by atoms with E-state index in [1.165, 1.54) is 12.1 Å². The van der Waals surface area contributed by atoms with Crippen LogP contribution in [0.25, 0.3) is 0 Å². The quantitative estimate of drug-likeness (QED) is 0.921. The van der Waals surface area contributed by atoms with Gasteiger partial charge in [0.15, 0.2) is 0 Å². The van der Waals surface area contributed by atoms with Crippen molar-refractivity contribution in [1.82, 2.24) is 4.90 Å². The van der Waals surface area contributed by atoms with Crippen LogP contribution < -0.4 is 5.32 Å². The summed E-state index contributed by atoms with van der Waals surface area (Å²) in [6.45, 7) is 4.09. The number of rotatable bonds is 3. The molecule has 0 aliphatic carbocycles. The molecule has 0 bridgehead atoms. The number of halogens is 1. The lowest BCUT2D eigenvalue weighted by atomic mass is 10.0. The Bertz CT molecular complexity index is 684. The first-order valence-electron chi connectivity index (χ1n) is 7.55. The highest BCUT2D eigenvalue weighted by Crippen LogP contribution is 2.34. The molecule has 1 aliphatic heterocycles. The molecule has 2 aromatic carbocycles. The summed E-state index contributed by atoms with van der Waals surface area (Å²) in [7, 11) is 0. The Kier molecular flexibility index (Phi) is 3.84. The van der Waals surface area contributed by atoms with E-state index in [4.69, 9.17) is 0 Å². The summed E-state index contributed by atoms with van der Waals surface area (Å²) < 4.78 is 13.2. The number of fused-ring (bicyclic) bond motifs is 1. The Morgan fingerprint density at radius 3 is 2.55 bits per heavy atom. The van der Waals surface area contributed by atoms with E-state index in [1.807, 2.05) is 36.1 Å². The lowest BCUT2D eigenvalue weighted by Gasteiger charge is -2.41. The Hall–Kier alpha value is -2.36. The molecule has 1 amide bonds. The molecule has 0 spiro atoms. The normalized spacial score (nSPS) is 18.6. The molecule has 2 aromatic rings. The molecule has 0 saturated heterocycles. The summed E-state index contributed by atoms with van der Waals surface area (Å²) in [5.74, 6) is -0.264. The van der Waals surface area contributed by atoms with Gasteiger partial charge in [-0.15, -0.1) is 0 Å². The molecular weight excluding hydrogens is 279 g/mol. The summed E-state index contributed by atoms with van der Waals surface area (Å²) in [5, 5.41) is 3.41. The van der Waals surface area contributed by atoms with Crippen LogP contribution in [0.5, 0.6) is 0 Å². The number of nitrogens with one attached hydrogen (secondary N) is 1. The first-order chi connectivity index (χ1) is 10.6. The van der Waals surface area contributed by atoms with Crippen molar-refractivity contribution in [3.63, 3.8) is 0 Å². The maximum atomic E-state index is 13.2. The fourth-order valence-corrected chi connectivity index (χ4v) is 2.81. The number of nitrogens with zero attached hydrogens (tertiary/aromatic N) is 1. The van der Waals surface area contributed by atoms with Crippen molar-refractivity contribution >= 4 is 11.6 Å². The number of hydrogen-bond acceptors (Lipinski definition) is 2. The highest BCUT2D eigenvalue weighted by Gasteiger charge is 2.35. The van der Waals surface area contributed by atoms with Crippen LogP contribution in [0.1, 0.15) is 42.4 Å². The molecule has 0 radical (unpaired) electrons. The van der Waals surface area contributed by atoms with Gasteiger partial charge in [-0.1, -0.05) is 31.2 Å². The summed E-state index contributed by atoms with van der Waals surface area (Å²) in [6.07, 6.45) is 0.575. The van der Waals surface area contributed by atoms with E-state index >= 15 is 0 Å². The van der Waals surface area contributed by atoms with Crippen molar-refractivity contribution in [2.45, 2.75) is 32.5 Å². The van der Waals surface area contributed by atoms with Crippen LogP contribution in [0, 0.1) is 5.82 Å². The first kappa shape index (κ1) is 14.6. The molecule has 1 N–H and O–H groups in total. The highest BCUT2D eigenvalue weighted by molar-refractivity contribution is 6.01. The topological polar surface area (TPSA) is 32.3 Å². The van der Waals surface area contributed by atoms with Gasteiger partial charge in [-0.3, -0.25) is 4.79 Å². The number of carbonyl (C=O) groups excluding carboxylic acids is 1. The summed E-state index contributed by atoms with van der Waals surface area (Å²) in [4.78, 5) is 14.7. The van der Waals surface area contributed by atoms with Crippen molar-refractivity contribution in [3.8, 4) is 0 Å². The molecule has 2 atom stereocenters. The molecule has 0 unspecified atom stereocenters. The van der Waals surface area contributed by atoms with Gasteiger partial charge in [-0.05, 0) is 43.2 Å². The van der Waals surface area contributed by atoms with Gasteiger partial charge >= 0.3 is 0 Å². The van der Waals surface area contributed by atoms with Crippen molar-refractivity contribution in [2.75, 3.05) is 5.32 Å². The number of para-hydroxylation sites is 1. The van der Waals surface area contributed by atoms with Crippen LogP contribution in [0.2, 0.25) is 0 Å². The first-order valence-corrected chi connectivity index (χ1v) is 7.55. The second-order valence-corrected chi connectivity index (χ2v) is 5.61. The van der Waals surface area contributed by atoms with Crippen molar-refractivity contribution in [2.24, 2.45) is 0 Å². The minimum absolute atomic E-state index is 0.0121. The third-order valence-corrected chi connectivity index (χ3v) is 4.21. The maximum Gasteiger partial charge on any atom is 0.258 e. The van der Waals surface area contributed by atoms with Crippen LogP contribution in [-0.4, -0.2) is 16.8 Å². The molecule has 0 fully saturated rings. The average Bonchev–Trinajstić information content (AvgIpc) is 2.55. The third kappa shape index (κ3) is 2.45. The number of hydrogen-bond donors (Lipinski definition) is 1. The maximum absolute atomic E-state index is 13.2. The molecule has 3 nitrogen and oxygen atoms in total. The van der Waals surface area contributed by atoms with Crippen LogP contribution in [0.15, 0.2) is 48.5 Å². The van der Waals surface area contributed by atoms with Crippen LogP contribution in [0.4, 0.5) is 10.1 Å². The third-order valence-electron chi connectivity index (χ3n) is 4.21. The molecule has 22 heavy (non-hydrogen) atoms. The van der Waals surface area contributed by atoms with Crippen LogP contribution in [-0.2, 0) is 0 Å². The van der Waals surface area contributed by atoms with Gasteiger partial charge in [-0.25, -0.2) is 4.39 Å². The Morgan fingerprint density at radius 1 is 1.18 bits per heavy atom. The standard InChI is InChI=1S/C18H19FN2O/c1-3-12(2)21-17(13-8-10-14(19)11-9-13)20-16-7-5-4-6-15(16)18(21)22/h4-12,17,20H,3H2,1-2H3/t12-,17+/m1/s1. The van der Waals surface area contributed by atoms with Crippen LogP contribution >= 0.6 is 0 Å². The Morgan fingerprint density at radius 2 is 1.86 bits per heavy atom. The number of benzene rings is 2. The van der Waals surface area contributed by atoms with Crippen molar-refractivity contribution < 1.29 is 9.18 Å². The second-order valence-electron chi connectivity index (χ2n) is 5.61. The highest BCUT2D eigenvalue weighted by atomic mass is 19.1. The molecule has 4 heteroatoms. The molecule has 0 saturated carbocycles. The number of amides is 1. The van der Waals surface area contributed by atoms with Gasteiger partial charge in [0.1, 0.15) is 12.0 Å². The molecular formula is C18H19FN2O. The zero-order chi connectivity index (χ0) is 15.7. The molecule has 1 heterocycles. The van der Waals surface area contributed by atoms with Crippen LogP contribution in [0.3, 0.4) is 0 Å². The summed E-state index contributed by atoms with van der Waals surface area (Å²) >= 11 is 0. The predicted molar refractivity (Wildman–Crippen MR) is 85.1 cm³/mol. The monoisotopic (exact) mass is 298 g/mol. The molecule has 1 aliphatic rings. The van der Waals surface area contributed by atoms with E-state index in [9.17, 15) is 9.18 Å². The molecule has 3 rings (SSSR count). The Labute approximate surface area is 129 Å². The molecule has 114 valence electrons. The van der Waals surface area contributed by atoms with Gasteiger partial charge in [0, 0.05) is 11.7 Å². The van der Waals surface area contributed by atoms with E-state index in [0.717, 1.165) is 17.7 Å². The van der Waals surface area contributed by atoms with Gasteiger partial charge in [0.05, 0.1) is 5.56 Å². The summed E-state index contributed by atoms with van der Waals surface area (Å²) in [5.41, 5.74) is 2.38. The van der Waals surface area contributed by atoms with E-state index in [2.05, 4.69) is 12.2 Å². The van der Waals surface area contributed by atoms with Crippen molar-refractivity contribution in [3.05, 3.63) is 65.5 Å². The fraction of sp³-hybridized carbons (Fsp3) is 0.278. The van der Waals surface area contributed by atoms with E-state index in [1.54, 1.807) is 12.1 Å². The van der Waals surface area contributed by atoms with Crippen molar-refractivity contribution in [1.29, 1.82) is 0 Å². The lowest BCUT2D eigenvalue weighted by Crippen LogP contribution is -2.47. The second kappa shape index (κ2) is 5.79. The average molecular weight is 298 g/mol. The minimum atomic E-state index is -0.280.